The summed E-state index contributed by atoms with van der Waals surface area (Å²) in [6, 6.07) is 4.13. The van der Waals surface area contributed by atoms with Gasteiger partial charge >= 0.3 is 12.2 Å². The molecule has 4 atom stereocenters. The van der Waals surface area contributed by atoms with Gasteiger partial charge in [-0.1, -0.05) is 6.07 Å². The lowest BCUT2D eigenvalue weighted by atomic mass is 9.92. The van der Waals surface area contributed by atoms with Crippen LogP contribution in [0.25, 0.3) is 33.1 Å². The van der Waals surface area contributed by atoms with Crippen molar-refractivity contribution in [1.82, 2.24) is 35.0 Å². The lowest BCUT2D eigenvalue weighted by Gasteiger charge is -2.35. The molecule has 3 aliphatic rings. The number of nitrogen functional groups attached to an aromatic ring is 1. The normalized spacial score (nSPS) is 22.7. The van der Waals surface area contributed by atoms with E-state index in [2.05, 4.69) is 30.0 Å². The van der Waals surface area contributed by atoms with Crippen molar-refractivity contribution in [2.75, 3.05) is 36.9 Å². The molecule has 0 amide bonds. The van der Waals surface area contributed by atoms with Crippen LogP contribution in [-0.4, -0.2) is 85.3 Å². The summed E-state index contributed by atoms with van der Waals surface area (Å²) >= 11 is 0. The molecule has 0 saturated carbocycles. The van der Waals surface area contributed by atoms with E-state index in [1.807, 2.05) is 24.8 Å². The van der Waals surface area contributed by atoms with Gasteiger partial charge < -0.3 is 20.1 Å². The van der Waals surface area contributed by atoms with Gasteiger partial charge in [-0.25, -0.2) is 18.7 Å². The zero-order valence-electron chi connectivity index (χ0n) is 28.2. The number of aryl methyl sites for hydroxylation is 1. The van der Waals surface area contributed by atoms with Crippen LogP contribution in [0.3, 0.4) is 0 Å². The first-order chi connectivity index (χ1) is 24.3. The molecule has 268 valence electrons. The third kappa shape index (κ3) is 5.63. The molecule has 0 radical (unpaired) electrons. The molecule has 2 fully saturated rings. The van der Waals surface area contributed by atoms with Gasteiger partial charge in [0.05, 0.1) is 35.8 Å². The third-order valence-corrected chi connectivity index (χ3v) is 10.6. The van der Waals surface area contributed by atoms with Crippen molar-refractivity contribution in [3.63, 3.8) is 0 Å². The van der Waals surface area contributed by atoms with E-state index in [0.29, 0.717) is 29.9 Å². The standard InChI is InChI=1S/C35H36F5N9O2/c1-17-10-24-23(13-43-47-24)25(22(17)12-35(38,39)40)28-27(37)29-26-31(46-33(45-29)51-16-34-7-5-9-48(34)14-20(36)11-34)49(18(2)15-50-32(26)44-28)19(3)21-6-4-8-42-30(21)41/h4,6,8,10,13,18-20H,5,7,9,11-12,14-16H2,1-3H3,(H2,41,42)(H,43,47)/t18-,19+,20+,34-/m0/s1. The van der Waals surface area contributed by atoms with Crippen LogP contribution in [0.5, 0.6) is 11.9 Å². The molecule has 16 heteroatoms. The number of pyridine rings is 2. The Bertz CT molecular complexity index is 2160. The number of aromatic nitrogens is 6. The number of benzene rings is 1. The molecule has 8 rings (SSSR count). The van der Waals surface area contributed by atoms with Crippen molar-refractivity contribution in [1.29, 1.82) is 0 Å². The molecule has 7 heterocycles. The summed E-state index contributed by atoms with van der Waals surface area (Å²) in [6.07, 6.45) is -2.08. The summed E-state index contributed by atoms with van der Waals surface area (Å²) in [5.41, 5.74) is 6.32. The minimum atomic E-state index is -4.60. The maximum absolute atomic E-state index is 17.3. The van der Waals surface area contributed by atoms with Gasteiger partial charge in [-0.05, 0) is 63.4 Å². The fourth-order valence-electron chi connectivity index (χ4n) is 8.23. The van der Waals surface area contributed by atoms with Crippen molar-refractivity contribution in [3.8, 4) is 23.1 Å². The molecule has 0 spiro atoms. The molecular weight excluding hydrogens is 673 g/mol. The van der Waals surface area contributed by atoms with E-state index in [9.17, 15) is 17.6 Å². The Balaban J connectivity index is 1.36. The highest BCUT2D eigenvalue weighted by Crippen LogP contribution is 2.46. The molecule has 0 aliphatic carbocycles. The topological polar surface area (TPSA) is 131 Å². The average Bonchev–Trinajstić information content (AvgIpc) is 3.75. The summed E-state index contributed by atoms with van der Waals surface area (Å²) < 4.78 is 86.5. The monoisotopic (exact) mass is 709 g/mol. The van der Waals surface area contributed by atoms with E-state index >= 15 is 4.39 Å². The van der Waals surface area contributed by atoms with E-state index in [-0.39, 0.29) is 69.6 Å². The summed E-state index contributed by atoms with van der Waals surface area (Å²) in [7, 11) is 0. The quantitative estimate of drug-likeness (QED) is 0.183. The maximum atomic E-state index is 17.3. The minimum Gasteiger partial charge on any atom is -0.475 e. The van der Waals surface area contributed by atoms with Gasteiger partial charge in [0, 0.05) is 35.7 Å². The van der Waals surface area contributed by atoms with Gasteiger partial charge in [0.25, 0.3) is 0 Å². The molecule has 4 aromatic heterocycles. The highest BCUT2D eigenvalue weighted by atomic mass is 19.4. The van der Waals surface area contributed by atoms with Gasteiger partial charge in [0.1, 0.15) is 47.6 Å². The van der Waals surface area contributed by atoms with Gasteiger partial charge in [-0.15, -0.1) is 0 Å². The number of aromatic amines is 1. The first-order valence-electron chi connectivity index (χ1n) is 16.9. The van der Waals surface area contributed by atoms with Crippen LogP contribution in [0.4, 0.5) is 33.6 Å². The zero-order valence-corrected chi connectivity index (χ0v) is 28.2. The fraction of sp³-hybridized carbons (Fsp3) is 0.457. The second-order valence-electron chi connectivity index (χ2n) is 13.9. The maximum Gasteiger partial charge on any atom is 0.393 e. The van der Waals surface area contributed by atoms with E-state index in [1.54, 1.807) is 18.3 Å². The first-order valence-corrected chi connectivity index (χ1v) is 16.9. The first kappa shape index (κ1) is 33.3. The number of nitrogens with one attached hydrogen (secondary N) is 1. The Morgan fingerprint density at radius 1 is 1.24 bits per heavy atom. The number of halogens is 5. The molecule has 1 aromatic carbocycles. The van der Waals surface area contributed by atoms with Crippen molar-refractivity contribution in [2.24, 2.45) is 0 Å². The van der Waals surface area contributed by atoms with Crippen molar-refractivity contribution < 1.29 is 31.4 Å². The number of anilines is 2. The summed E-state index contributed by atoms with van der Waals surface area (Å²) in [4.78, 5) is 22.2. The van der Waals surface area contributed by atoms with E-state index in [0.717, 1.165) is 19.4 Å². The molecule has 11 nitrogen and oxygen atoms in total. The second-order valence-corrected chi connectivity index (χ2v) is 13.9. The molecule has 3 aliphatic heterocycles. The number of alkyl halides is 4. The van der Waals surface area contributed by atoms with Crippen LogP contribution in [0.2, 0.25) is 0 Å². The Labute approximate surface area is 289 Å². The van der Waals surface area contributed by atoms with Crippen LogP contribution in [-0.2, 0) is 6.42 Å². The number of nitrogens with two attached hydrogens (primary N) is 1. The fourth-order valence-corrected chi connectivity index (χ4v) is 8.23. The average molecular weight is 710 g/mol. The van der Waals surface area contributed by atoms with Gasteiger partial charge in [0.15, 0.2) is 5.82 Å². The van der Waals surface area contributed by atoms with Crippen molar-refractivity contribution in [2.45, 2.75) is 76.4 Å². The molecule has 3 N–H and O–H groups in total. The Kier molecular flexibility index (Phi) is 7.92. The van der Waals surface area contributed by atoms with Crippen LogP contribution in [0, 0.1) is 12.7 Å². The van der Waals surface area contributed by atoms with Gasteiger partial charge in [-0.2, -0.15) is 28.2 Å². The predicted molar refractivity (Wildman–Crippen MR) is 180 cm³/mol. The molecule has 0 bridgehead atoms. The molecule has 51 heavy (non-hydrogen) atoms. The van der Waals surface area contributed by atoms with E-state index in [1.165, 1.54) is 13.1 Å². The Hall–Kier alpha value is -4.86. The number of fused-ring (bicyclic) bond motifs is 2. The second kappa shape index (κ2) is 12.1. The number of hydrogen-bond acceptors (Lipinski definition) is 10. The highest BCUT2D eigenvalue weighted by molar-refractivity contribution is 6.01. The highest BCUT2D eigenvalue weighted by Gasteiger charge is 2.49. The number of hydrogen-bond donors (Lipinski definition) is 2. The van der Waals surface area contributed by atoms with E-state index < -0.39 is 42.2 Å². The lowest BCUT2D eigenvalue weighted by Crippen LogP contribution is -2.43. The number of nitrogens with zero attached hydrogens (tertiary/aromatic N) is 7. The Morgan fingerprint density at radius 2 is 2.06 bits per heavy atom. The third-order valence-electron chi connectivity index (χ3n) is 10.6. The lowest BCUT2D eigenvalue weighted by molar-refractivity contribution is -0.127. The smallest absolute Gasteiger partial charge is 0.393 e. The van der Waals surface area contributed by atoms with Crippen molar-refractivity contribution in [3.05, 3.63) is 53.1 Å². The van der Waals surface area contributed by atoms with E-state index in [4.69, 9.17) is 20.2 Å². The minimum absolute atomic E-state index is 0.0450. The molecule has 0 unspecified atom stereocenters. The van der Waals surface area contributed by atoms with Crippen LogP contribution >= 0.6 is 0 Å². The zero-order chi connectivity index (χ0) is 35.8. The molecular formula is C35H36F5N9O2. The van der Waals surface area contributed by atoms with Crippen molar-refractivity contribution >= 4 is 33.4 Å². The van der Waals surface area contributed by atoms with Crippen LogP contribution in [0.1, 0.15) is 55.8 Å². The van der Waals surface area contributed by atoms with Crippen LogP contribution in [0.15, 0.2) is 30.6 Å². The van der Waals surface area contributed by atoms with Gasteiger partial charge in [0.2, 0.25) is 5.88 Å². The summed E-state index contributed by atoms with van der Waals surface area (Å²) in [5.74, 6) is -0.480. The Morgan fingerprint density at radius 3 is 2.84 bits per heavy atom. The number of H-pyrrole nitrogens is 1. The molecule has 2 saturated heterocycles. The van der Waals surface area contributed by atoms with Crippen LogP contribution < -0.4 is 20.1 Å². The number of rotatable bonds is 7. The molecule has 5 aromatic rings. The SMILES string of the molecule is Cc1cc2[nH]ncc2c(-c2nc3c4c(nc(OC[C@@]56CCCN5C[C@H](F)C6)nc4c2F)N([C@H](C)c2cccnc2N)[C@@H](C)CO3)c1CC(F)(F)F. The predicted octanol–water partition coefficient (Wildman–Crippen LogP) is 6.40. The summed E-state index contributed by atoms with van der Waals surface area (Å²) in [5, 5.41) is 7.21. The number of ether oxygens (including phenoxy) is 2. The van der Waals surface area contributed by atoms with Gasteiger partial charge in [-0.3, -0.25) is 10.00 Å². The largest absolute Gasteiger partial charge is 0.475 e. The summed E-state index contributed by atoms with van der Waals surface area (Å²) in [6.45, 7) is 6.52.